The van der Waals surface area contributed by atoms with Crippen molar-refractivity contribution in [3.8, 4) is 11.3 Å². The van der Waals surface area contributed by atoms with Gasteiger partial charge in [0.25, 0.3) is 0 Å². The fraction of sp³-hybridized carbons (Fsp3) is 0.565. The molecule has 6 nitrogen and oxygen atoms in total. The summed E-state index contributed by atoms with van der Waals surface area (Å²) >= 11 is 1.86. The average Bonchev–Trinajstić information content (AvgIpc) is 3.55. The van der Waals surface area contributed by atoms with Crippen molar-refractivity contribution in [3.05, 3.63) is 42.1 Å². The molecule has 33 heavy (non-hydrogen) atoms. The molecule has 1 N–H and O–H groups in total. The minimum Gasteiger partial charge on any atom is -0.331 e. The van der Waals surface area contributed by atoms with Crippen LogP contribution in [0.15, 0.2) is 36.4 Å². The van der Waals surface area contributed by atoms with E-state index in [0.717, 1.165) is 62.8 Å². The van der Waals surface area contributed by atoms with Crippen LogP contribution in [0, 0.1) is 6.92 Å². The molecule has 0 unspecified atom stereocenters. The van der Waals surface area contributed by atoms with Gasteiger partial charge in [0.2, 0.25) is 5.91 Å². The Hall–Kier alpha value is -0.960. The van der Waals surface area contributed by atoms with Crippen LogP contribution in [0.25, 0.3) is 11.3 Å². The zero-order chi connectivity index (χ0) is 20.5. The average molecular weight is 535 g/mol. The summed E-state index contributed by atoms with van der Waals surface area (Å²) in [5.74, 6) is 2.24. The van der Waals surface area contributed by atoms with E-state index in [2.05, 4.69) is 58.2 Å². The van der Waals surface area contributed by atoms with Crippen LogP contribution >= 0.6 is 49.0 Å². The Labute approximate surface area is 219 Å². The lowest BCUT2D eigenvalue weighted by Gasteiger charge is -2.36. The van der Waals surface area contributed by atoms with Crippen LogP contribution in [0.1, 0.15) is 31.0 Å². The Morgan fingerprint density at radius 1 is 1.06 bits per heavy atom. The molecule has 2 atom stereocenters. The normalized spacial score (nSPS) is 23.5. The maximum atomic E-state index is 12.7. The Morgan fingerprint density at radius 3 is 2.45 bits per heavy atom. The summed E-state index contributed by atoms with van der Waals surface area (Å²) in [7, 11) is 0. The van der Waals surface area contributed by atoms with Crippen molar-refractivity contribution in [1.82, 2.24) is 24.9 Å². The number of benzene rings is 1. The van der Waals surface area contributed by atoms with Gasteiger partial charge < -0.3 is 10.2 Å². The molecule has 1 aromatic heterocycles. The molecule has 0 saturated carbocycles. The van der Waals surface area contributed by atoms with Crippen molar-refractivity contribution in [3.63, 3.8) is 0 Å². The number of aryl methyl sites for hydroxylation is 1. The smallest absolute Gasteiger partial charge is 0.240 e. The first-order chi connectivity index (χ1) is 14.7. The first kappa shape index (κ1) is 28.3. The number of piperidine rings is 1. The highest BCUT2D eigenvalue weighted by Crippen LogP contribution is 2.31. The number of amides is 1. The Morgan fingerprint density at radius 2 is 1.79 bits per heavy atom. The number of nitrogens with zero attached hydrogens (tertiary/aromatic N) is 4. The fourth-order valence-electron chi connectivity index (χ4n) is 5.11. The second-order valence-corrected chi connectivity index (χ2v) is 9.81. The lowest BCUT2D eigenvalue weighted by molar-refractivity contribution is -0.131. The van der Waals surface area contributed by atoms with Crippen molar-refractivity contribution in [2.75, 3.05) is 37.8 Å². The van der Waals surface area contributed by atoms with Gasteiger partial charge in [-0.2, -0.15) is 5.10 Å². The summed E-state index contributed by atoms with van der Waals surface area (Å²) in [6.45, 7) is 6.07. The van der Waals surface area contributed by atoms with Crippen LogP contribution in [0.3, 0.4) is 0 Å². The Kier molecular flexibility index (Phi) is 10.8. The lowest BCUT2D eigenvalue weighted by Crippen LogP contribution is -2.43. The van der Waals surface area contributed by atoms with Gasteiger partial charge in [0, 0.05) is 38.0 Å². The van der Waals surface area contributed by atoms with Crippen molar-refractivity contribution in [1.29, 1.82) is 0 Å². The Balaban J connectivity index is 0.00000128. The molecule has 2 aromatic rings. The molecule has 0 spiro atoms. The molecule has 1 aromatic carbocycles. The molecule has 3 fully saturated rings. The second-order valence-electron chi connectivity index (χ2n) is 8.74. The van der Waals surface area contributed by atoms with E-state index in [4.69, 9.17) is 5.10 Å². The number of hydrogen-bond donors (Lipinski definition) is 1. The Bertz CT molecular complexity index is 885. The van der Waals surface area contributed by atoms with E-state index in [9.17, 15) is 4.79 Å². The molecular formula is C23H34Cl3N5OS. The molecular weight excluding hydrogens is 501 g/mol. The topological polar surface area (TPSA) is 53.4 Å². The molecule has 0 bridgehead atoms. The SMILES string of the molecule is Cc1cc(-c2ccccc2)n(C2CCN([C@@H]3CN[C@H](C(=O)N4CCSC4)C3)CC2)n1.Cl.Cl.Cl. The number of carbonyl (C=O) groups excluding carboxylic acids is 1. The highest BCUT2D eigenvalue weighted by atomic mass is 35.5. The van der Waals surface area contributed by atoms with Crippen LogP contribution in [0.5, 0.6) is 0 Å². The molecule has 0 radical (unpaired) electrons. The summed E-state index contributed by atoms with van der Waals surface area (Å²) in [5.41, 5.74) is 3.54. The largest absolute Gasteiger partial charge is 0.331 e. The molecule has 1 amide bonds. The number of rotatable bonds is 4. The van der Waals surface area contributed by atoms with E-state index in [1.807, 2.05) is 16.7 Å². The highest BCUT2D eigenvalue weighted by molar-refractivity contribution is 7.99. The lowest BCUT2D eigenvalue weighted by atomic mass is 10.0. The van der Waals surface area contributed by atoms with Crippen molar-refractivity contribution in [2.24, 2.45) is 0 Å². The summed E-state index contributed by atoms with van der Waals surface area (Å²) < 4.78 is 2.26. The molecule has 3 aliphatic rings. The van der Waals surface area contributed by atoms with Gasteiger partial charge in [0.15, 0.2) is 0 Å². The van der Waals surface area contributed by atoms with Gasteiger partial charge in [0.05, 0.1) is 29.3 Å². The van der Waals surface area contributed by atoms with E-state index in [0.29, 0.717) is 18.0 Å². The summed E-state index contributed by atoms with van der Waals surface area (Å²) in [6, 6.07) is 13.7. The third-order valence-electron chi connectivity index (χ3n) is 6.76. The molecule has 4 heterocycles. The van der Waals surface area contributed by atoms with E-state index >= 15 is 0 Å². The van der Waals surface area contributed by atoms with Gasteiger partial charge >= 0.3 is 0 Å². The summed E-state index contributed by atoms with van der Waals surface area (Å²) in [5, 5.41) is 8.34. The number of hydrogen-bond acceptors (Lipinski definition) is 5. The number of likely N-dealkylation sites (tertiary alicyclic amines) is 1. The molecule has 184 valence electrons. The van der Waals surface area contributed by atoms with Gasteiger partial charge in [-0.1, -0.05) is 30.3 Å². The standard InChI is InChI=1S/C23H31N5OS.3ClH/c1-17-13-22(18-5-3-2-4-6-18)28(25-17)19-7-9-26(10-8-19)20-14-21(24-15-20)23(29)27-11-12-30-16-27;;;/h2-6,13,19-21,24H,7-12,14-16H2,1H3;3*1H/t20-,21-;;;/m0.../s1. The third kappa shape index (κ3) is 6.19. The van der Waals surface area contributed by atoms with Gasteiger partial charge in [-0.05, 0) is 37.8 Å². The van der Waals surface area contributed by atoms with Gasteiger partial charge in [-0.25, -0.2) is 0 Å². The van der Waals surface area contributed by atoms with E-state index in [1.54, 1.807) is 0 Å². The predicted molar refractivity (Wildman–Crippen MR) is 143 cm³/mol. The zero-order valence-corrected chi connectivity index (χ0v) is 22.2. The van der Waals surface area contributed by atoms with E-state index in [1.165, 1.54) is 11.3 Å². The number of halogens is 3. The molecule has 5 rings (SSSR count). The van der Waals surface area contributed by atoms with Crippen LogP contribution in [0.2, 0.25) is 0 Å². The van der Waals surface area contributed by atoms with Crippen LogP contribution in [-0.4, -0.2) is 75.4 Å². The zero-order valence-electron chi connectivity index (χ0n) is 18.9. The quantitative estimate of drug-likeness (QED) is 0.642. The van der Waals surface area contributed by atoms with Crippen molar-refractivity contribution < 1.29 is 4.79 Å². The maximum absolute atomic E-state index is 12.7. The van der Waals surface area contributed by atoms with Crippen LogP contribution < -0.4 is 5.32 Å². The van der Waals surface area contributed by atoms with Crippen LogP contribution in [-0.2, 0) is 4.79 Å². The highest BCUT2D eigenvalue weighted by Gasteiger charge is 2.37. The third-order valence-corrected chi connectivity index (χ3v) is 7.72. The van der Waals surface area contributed by atoms with Crippen molar-refractivity contribution >= 4 is 54.9 Å². The van der Waals surface area contributed by atoms with Gasteiger partial charge in [0.1, 0.15) is 0 Å². The predicted octanol–water partition coefficient (Wildman–Crippen LogP) is 4.02. The first-order valence-corrected chi connectivity index (χ1v) is 12.3. The molecule has 3 aliphatic heterocycles. The van der Waals surface area contributed by atoms with Gasteiger partial charge in [-0.15, -0.1) is 49.0 Å². The number of carbonyl (C=O) groups is 1. The van der Waals surface area contributed by atoms with E-state index in [-0.39, 0.29) is 43.3 Å². The maximum Gasteiger partial charge on any atom is 0.240 e. The van der Waals surface area contributed by atoms with Crippen LogP contribution in [0.4, 0.5) is 0 Å². The van der Waals surface area contributed by atoms with E-state index < -0.39 is 0 Å². The molecule has 10 heteroatoms. The fourth-order valence-corrected chi connectivity index (χ4v) is 6.06. The molecule has 0 aliphatic carbocycles. The second kappa shape index (κ2) is 12.7. The number of aromatic nitrogens is 2. The first-order valence-electron chi connectivity index (χ1n) is 11.1. The monoisotopic (exact) mass is 533 g/mol. The van der Waals surface area contributed by atoms with Crippen molar-refractivity contribution in [2.45, 2.75) is 44.3 Å². The minimum atomic E-state index is 0. The number of nitrogens with one attached hydrogen (secondary N) is 1. The van der Waals surface area contributed by atoms with Gasteiger partial charge in [-0.3, -0.25) is 14.4 Å². The summed E-state index contributed by atoms with van der Waals surface area (Å²) in [4.78, 5) is 17.3. The number of thioether (sulfide) groups is 1. The summed E-state index contributed by atoms with van der Waals surface area (Å²) in [6.07, 6.45) is 3.17. The molecule has 3 saturated heterocycles. The minimum absolute atomic E-state index is 0.